The zero-order chi connectivity index (χ0) is 72.4. The van der Waals surface area contributed by atoms with E-state index in [1.54, 1.807) is 81.4 Å². The zero-order valence-corrected chi connectivity index (χ0v) is 60.0. The second kappa shape index (κ2) is 36.0. The summed E-state index contributed by atoms with van der Waals surface area (Å²) in [4.78, 5) is 120. The Labute approximate surface area is 603 Å². The zero-order valence-electron chi connectivity index (χ0n) is 60.0. The first kappa shape index (κ1) is 75.2. The first-order chi connectivity index (χ1) is 49.7. The van der Waals surface area contributed by atoms with Gasteiger partial charge in [-0.25, -0.2) is 9.59 Å². The van der Waals surface area contributed by atoms with Crippen LogP contribution in [0.3, 0.4) is 0 Å². The van der Waals surface area contributed by atoms with Crippen molar-refractivity contribution < 1.29 is 66.8 Å². The monoisotopic (exact) mass is 1420 g/mol. The lowest BCUT2D eigenvalue weighted by Crippen LogP contribution is -2.51. The van der Waals surface area contributed by atoms with Crippen LogP contribution in [0.4, 0.5) is 9.59 Å². The maximum Gasteiger partial charge on any atom is 0.410 e. The number of fused-ring (bicyclic) bond motifs is 14. The van der Waals surface area contributed by atoms with Gasteiger partial charge in [-0.2, -0.15) is 0 Å². The van der Waals surface area contributed by atoms with Crippen LogP contribution in [0.25, 0.3) is 0 Å². The van der Waals surface area contributed by atoms with Crippen LogP contribution in [0.1, 0.15) is 213 Å². The van der Waals surface area contributed by atoms with E-state index in [1.165, 1.54) is 22.9 Å². The van der Waals surface area contributed by atoms with Crippen LogP contribution >= 0.6 is 0 Å². The predicted molar refractivity (Wildman–Crippen MR) is 385 cm³/mol. The lowest BCUT2D eigenvalue weighted by atomic mass is 9.90. The summed E-state index contributed by atoms with van der Waals surface area (Å²) >= 11 is 0. The van der Waals surface area contributed by atoms with Crippen molar-refractivity contribution in [3.8, 4) is 23.0 Å². The lowest BCUT2D eigenvalue weighted by molar-refractivity contribution is -0.135. The summed E-state index contributed by atoms with van der Waals surface area (Å²) in [5.41, 5.74) is 2.19. The van der Waals surface area contributed by atoms with Gasteiger partial charge in [0.05, 0.1) is 0 Å². The Morgan fingerprint density at radius 2 is 0.835 bits per heavy atom. The topological polar surface area (TPSA) is 319 Å². The number of rotatable bonds is 7. The molecule has 11 rings (SSSR count). The molecule has 9 unspecified atom stereocenters. The highest BCUT2D eigenvalue weighted by atomic mass is 16.6. The minimum atomic E-state index is -1.31. The number of hydrogen-bond acceptors (Lipinski definition) is 18. The van der Waals surface area contributed by atoms with E-state index in [0.717, 1.165) is 77.0 Å². The van der Waals surface area contributed by atoms with E-state index in [0.29, 0.717) is 83.8 Å². The minimum absolute atomic E-state index is 0.0326. The highest BCUT2D eigenvalue weighted by Crippen LogP contribution is 2.31. The number of carbonyl (C=O) groups excluding carboxylic acids is 8. The molecule has 0 saturated heterocycles. The molecule has 4 aliphatic carbocycles. The Kier molecular flexibility index (Phi) is 26.2. The van der Waals surface area contributed by atoms with Crippen LogP contribution in [0, 0.1) is 0 Å². The van der Waals surface area contributed by atoms with Crippen molar-refractivity contribution in [2.75, 3.05) is 40.6 Å². The van der Waals surface area contributed by atoms with Gasteiger partial charge in [-0.3, -0.25) is 54.9 Å². The van der Waals surface area contributed by atoms with Crippen molar-refractivity contribution in [3.05, 3.63) is 130 Å². The van der Waals surface area contributed by atoms with E-state index in [2.05, 4.69) is 59.7 Å². The van der Waals surface area contributed by atoms with Crippen LogP contribution in [0.5, 0.6) is 23.0 Å². The van der Waals surface area contributed by atoms with Gasteiger partial charge in [0.25, 0.3) is 23.6 Å². The highest BCUT2D eigenvalue weighted by molar-refractivity contribution is 5.97. The van der Waals surface area contributed by atoms with Crippen LogP contribution in [-0.2, 0) is 45.2 Å². The number of hydrogen-bond donors (Lipinski definition) is 10. The first-order valence-corrected chi connectivity index (χ1v) is 37.0. The molecule has 0 radical (unpaired) electrons. The molecule has 7 aliphatic rings. The minimum Gasteiger partial charge on any atom is -0.478 e. The third-order valence-corrected chi connectivity index (χ3v) is 20.3. The Morgan fingerprint density at radius 3 is 1.16 bits per heavy atom. The normalized spacial score (nSPS) is 24.5. The molecule has 4 aromatic rings. The summed E-state index contributed by atoms with van der Waals surface area (Å²) in [5.74, 6) is -1.10. The summed E-state index contributed by atoms with van der Waals surface area (Å²) in [7, 11) is 1.49. The second-order valence-corrected chi connectivity index (χ2v) is 29.5. The molecule has 10 N–H and O–H groups in total. The van der Waals surface area contributed by atoms with E-state index in [9.17, 15) is 24.0 Å². The number of alkyl carbamates (subject to hydrolysis) is 1. The molecule has 4 saturated carbocycles. The van der Waals surface area contributed by atoms with E-state index in [4.69, 9.17) is 28.4 Å². The lowest BCUT2D eigenvalue weighted by Gasteiger charge is -2.33. The molecule has 103 heavy (non-hydrogen) atoms. The van der Waals surface area contributed by atoms with Gasteiger partial charge >= 0.3 is 12.2 Å². The fourth-order valence-corrected chi connectivity index (χ4v) is 15.2. The molecular formula is C77H104N12O14. The molecule has 0 aromatic heterocycles. The van der Waals surface area contributed by atoms with Crippen molar-refractivity contribution in [2.24, 2.45) is 0 Å². The molecule has 9 atom stereocenters. The van der Waals surface area contributed by atoms with Crippen LogP contribution < -0.4 is 72.1 Å². The van der Waals surface area contributed by atoms with Crippen LogP contribution in [0.2, 0.25) is 0 Å². The molecule has 4 aromatic carbocycles. The van der Waals surface area contributed by atoms with E-state index in [1.807, 2.05) is 12.1 Å². The number of benzene rings is 4. The van der Waals surface area contributed by atoms with Gasteiger partial charge in [-0.05, 0) is 186 Å². The number of nitrogens with zero attached hydrogens (tertiary/aromatic N) is 2. The Hall–Kier alpha value is -8.98. The third kappa shape index (κ3) is 22.0. The van der Waals surface area contributed by atoms with Gasteiger partial charge in [0.15, 0.2) is 0 Å². The number of nitrogens with one attached hydrogen (secondary N) is 10. The quantitative estimate of drug-likeness (QED) is 0.0777. The van der Waals surface area contributed by atoms with Gasteiger partial charge in [-0.15, -0.1) is 0 Å². The van der Waals surface area contributed by atoms with Crippen LogP contribution in [0.15, 0.2) is 85.5 Å². The predicted octanol–water partition coefficient (Wildman–Crippen LogP) is 8.35. The number of ether oxygens (including phenoxy) is 6. The molecular weight excluding hydrogens is 1320 g/mol. The summed E-state index contributed by atoms with van der Waals surface area (Å²) < 4.78 is 37.9. The highest BCUT2D eigenvalue weighted by Gasteiger charge is 2.34. The molecule has 8 amide bonds. The Balaban J connectivity index is 1.06. The van der Waals surface area contributed by atoms with Crippen molar-refractivity contribution >= 4 is 47.6 Å². The Bertz CT molecular complexity index is 3490. The van der Waals surface area contributed by atoms with Gasteiger partial charge in [-0.1, -0.05) is 64.0 Å². The SMILES string of the molecule is C=CCOC(=O)N1Cc2cc3cc(c2)C(=O)NC2CCCCC(C2)NC(=O)c2cc(cc(c2)OCNC2CCCCC2NCO3)CN(C(=O)C(CCC(=O)NC)NC(=O)OC(C)(C)C)Cc2cc3cc(c2)C(=O)NC2CCCCC(C2)NC(=O)c2cc(cc(c2)OCNC2CCCCC2NCO3)C1. The molecule has 16 bridgehead atoms. The van der Waals surface area contributed by atoms with Crippen molar-refractivity contribution in [3.63, 3.8) is 0 Å². The molecule has 3 heterocycles. The molecule has 0 spiro atoms. The fourth-order valence-electron chi connectivity index (χ4n) is 15.2. The maximum atomic E-state index is 15.8. The average molecular weight is 1420 g/mol. The van der Waals surface area contributed by atoms with Crippen molar-refractivity contribution in [1.82, 2.24) is 63.0 Å². The van der Waals surface area contributed by atoms with Gasteiger partial charge in [0, 0.05) is 110 Å². The summed E-state index contributed by atoms with van der Waals surface area (Å²) in [5, 5.41) is 33.0. The summed E-state index contributed by atoms with van der Waals surface area (Å²) in [6.45, 7) is 8.59. The molecule has 556 valence electrons. The molecule has 26 heteroatoms. The van der Waals surface area contributed by atoms with Gasteiger partial charge in [0.2, 0.25) is 11.8 Å². The standard InChI is InChI=1S/C77H104N12O14/c1-6-25-98-76(97)89-42-50-28-54-36-62(32-50)101-46-81-66-21-13-11-19-64(66)79-44-99-60-30-48(26-52(34-60)70(91)83-56-15-7-9-17-58(38-56)85-72(54)93)40-88(74(95)68(23-24-69(90)78-5)87-75(96)103-77(2,3)4)41-49-27-53-35-61(31-49)100-45-80-65-20-12-14-22-67(65)82-47-102-63-33-51(43-89)29-55(37-63)73(94)86-59-18-10-8-16-57(39-59)84-71(53)92/h6,26-37,56-59,64-68,79-82H,1,7-25,38-47H2,2-5H3,(H,78,90)(H,83,91)(H,84,92)(H,85,93)(H,86,94)(H,87,96). The summed E-state index contributed by atoms with van der Waals surface area (Å²) in [6.07, 6.45) is 13.1. The number of amides is 8. The smallest absolute Gasteiger partial charge is 0.410 e. The molecule has 3 aliphatic heterocycles. The number of carbonyl (C=O) groups is 8. The molecule has 4 fully saturated rings. The van der Waals surface area contributed by atoms with E-state index >= 15 is 14.4 Å². The maximum absolute atomic E-state index is 15.8. The third-order valence-electron chi connectivity index (χ3n) is 20.3. The van der Waals surface area contributed by atoms with Gasteiger partial charge < -0.3 is 65.2 Å². The Morgan fingerprint density at radius 1 is 0.505 bits per heavy atom. The van der Waals surface area contributed by atoms with Crippen molar-refractivity contribution in [1.29, 1.82) is 0 Å². The van der Waals surface area contributed by atoms with E-state index < -0.39 is 41.6 Å². The fraction of sp³-hybridized carbons (Fsp3) is 0.558. The van der Waals surface area contributed by atoms with Crippen molar-refractivity contribution in [2.45, 2.75) is 235 Å². The average Bonchev–Trinajstić information content (AvgIpc) is 0.971. The first-order valence-electron chi connectivity index (χ1n) is 37.0. The van der Waals surface area contributed by atoms with Gasteiger partial charge in [0.1, 0.15) is 68.2 Å². The summed E-state index contributed by atoms with van der Waals surface area (Å²) in [6, 6.07) is 17.6. The van der Waals surface area contributed by atoms with E-state index in [-0.39, 0.29) is 161 Å². The largest absolute Gasteiger partial charge is 0.478 e. The second-order valence-electron chi connectivity index (χ2n) is 29.5. The van der Waals surface area contributed by atoms with Crippen LogP contribution in [-0.4, -0.2) is 158 Å². The molecule has 26 nitrogen and oxygen atoms in total.